The molecular formula is C20H39IN6. The van der Waals surface area contributed by atoms with E-state index >= 15 is 0 Å². The van der Waals surface area contributed by atoms with Gasteiger partial charge in [-0.25, -0.2) is 4.98 Å². The van der Waals surface area contributed by atoms with E-state index in [2.05, 4.69) is 70.5 Å². The van der Waals surface area contributed by atoms with Gasteiger partial charge in [-0.3, -0.25) is 9.89 Å². The molecule has 0 aliphatic carbocycles. The molecule has 2 rings (SSSR count). The summed E-state index contributed by atoms with van der Waals surface area (Å²) in [4.78, 5) is 13.7. The number of halogens is 1. The molecule has 1 aromatic heterocycles. The van der Waals surface area contributed by atoms with Crippen molar-refractivity contribution < 1.29 is 0 Å². The topological polar surface area (TPSA) is 48.7 Å². The van der Waals surface area contributed by atoms with Gasteiger partial charge in [-0.05, 0) is 46.5 Å². The molecule has 27 heavy (non-hydrogen) atoms. The molecule has 0 bridgehead atoms. The molecule has 0 aromatic carbocycles. The Morgan fingerprint density at radius 2 is 2.00 bits per heavy atom. The highest BCUT2D eigenvalue weighted by atomic mass is 127. The SMILES string of the molecule is CN=C(NCCCN(C(C)C)C(C)C)N1CCC(C)C(n2ccnc2)C1.I. The van der Waals surface area contributed by atoms with E-state index < -0.39 is 0 Å². The van der Waals surface area contributed by atoms with Gasteiger partial charge in [0, 0.05) is 57.7 Å². The Morgan fingerprint density at radius 1 is 1.30 bits per heavy atom. The van der Waals surface area contributed by atoms with Crippen LogP contribution in [0.3, 0.4) is 0 Å². The van der Waals surface area contributed by atoms with Crippen LogP contribution < -0.4 is 5.32 Å². The zero-order valence-electron chi connectivity index (χ0n) is 17.9. The smallest absolute Gasteiger partial charge is 0.193 e. The molecule has 7 heteroatoms. The third kappa shape index (κ3) is 6.93. The van der Waals surface area contributed by atoms with Crippen molar-refractivity contribution in [3.63, 3.8) is 0 Å². The van der Waals surface area contributed by atoms with Gasteiger partial charge in [0.1, 0.15) is 0 Å². The van der Waals surface area contributed by atoms with Gasteiger partial charge in [-0.15, -0.1) is 24.0 Å². The maximum atomic E-state index is 4.53. The lowest BCUT2D eigenvalue weighted by Crippen LogP contribution is -2.49. The van der Waals surface area contributed by atoms with Crippen LogP contribution in [-0.2, 0) is 0 Å². The number of nitrogens with zero attached hydrogens (tertiary/aromatic N) is 5. The normalized spacial score (nSPS) is 21.1. The van der Waals surface area contributed by atoms with Crippen LogP contribution >= 0.6 is 24.0 Å². The highest BCUT2D eigenvalue weighted by Crippen LogP contribution is 2.27. The van der Waals surface area contributed by atoms with E-state index in [0.717, 1.165) is 38.6 Å². The Hall–Kier alpha value is -0.830. The van der Waals surface area contributed by atoms with Crippen LogP contribution in [0.15, 0.2) is 23.7 Å². The zero-order valence-corrected chi connectivity index (χ0v) is 20.3. The van der Waals surface area contributed by atoms with Gasteiger partial charge in [0.25, 0.3) is 0 Å². The number of piperidine rings is 1. The standard InChI is InChI=1S/C20H38N6.HI/c1-16(2)26(17(3)4)11-7-9-23-20(21-6)24-12-8-18(5)19(14-24)25-13-10-22-15-25;/h10,13,15-19H,7-9,11-12,14H2,1-6H3,(H,21,23);1H. The lowest BCUT2D eigenvalue weighted by Gasteiger charge is -2.39. The molecule has 2 atom stereocenters. The van der Waals surface area contributed by atoms with Crippen molar-refractivity contribution in [2.24, 2.45) is 10.9 Å². The maximum Gasteiger partial charge on any atom is 0.193 e. The number of nitrogens with one attached hydrogen (secondary N) is 1. The molecule has 0 radical (unpaired) electrons. The molecule has 2 unspecified atom stereocenters. The van der Waals surface area contributed by atoms with Crippen LogP contribution in [-0.4, -0.2) is 70.6 Å². The van der Waals surface area contributed by atoms with Crippen LogP contribution in [0.4, 0.5) is 0 Å². The molecule has 1 saturated heterocycles. The summed E-state index contributed by atoms with van der Waals surface area (Å²) >= 11 is 0. The second kappa shape index (κ2) is 11.9. The van der Waals surface area contributed by atoms with Crippen LogP contribution in [0, 0.1) is 5.92 Å². The minimum absolute atomic E-state index is 0. The minimum atomic E-state index is 0. The summed E-state index contributed by atoms with van der Waals surface area (Å²) in [6, 6.07) is 1.64. The van der Waals surface area contributed by atoms with Crippen molar-refractivity contribution in [1.29, 1.82) is 0 Å². The zero-order chi connectivity index (χ0) is 19.1. The Bertz CT molecular complexity index is 535. The molecule has 0 saturated carbocycles. The summed E-state index contributed by atoms with van der Waals surface area (Å²) in [7, 11) is 1.89. The molecule has 1 fully saturated rings. The Balaban J connectivity index is 0.00000364. The summed E-state index contributed by atoms with van der Waals surface area (Å²) in [6.45, 7) is 15.6. The number of guanidine groups is 1. The molecule has 6 nitrogen and oxygen atoms in total. The first kappa shape index (κ1) is 24.2. The third-order valence-corrected chi connectivity index (χ3v) is 5.54. The molecule has 0 amide bonds. The highest BCUT2D eigenvalue weighted by Gasteiger charge is 2.28. The maximum absolute atomic E-state index is 4.53. The average Bonchev–Trinajstić information content (AvgIpc) is 3.12. The summed E-state index contributed by atoms with van der Waals surface area (Å²) in [5.74, 6) is 1.69. The number of likely N-dealkylation sites (tertiary alicyclic amines) is 1. The minimum Gasteiger partial charge on any atom is -0.356 e. The second-order valence-electron chi connectivity index (χ2n) is 8.04. The number of aromatic nitrogens is 2. The second-order valence-corrected chi connectivity index (χ2v) is 8.04. The van der Waals surface area contributed by atoms with Crippen molar-refractivity contribution in [2.75, 3.05) is 33.2 Å². The first-order valence-corrected chi connectivity index (χ1v) is 10.1. The van der Waals surface area contributed by atoms with Crippen LogP contribution in [0.5, 0.6) is 0 Å². The molecule has 1 aromatic rings. The van der Waals surface area contributed by atoms with Crippen molar-refractivity contribution in [2.45, 2.75) is 65.6 Å². The molecule has 156 valence electrons. The predicted molar refractivity (Wildman–Crippen MR) is 125 cm³/mol. The first-order valence-electron chi connectivity index (χ1n) is 10.1. The fourth-order valence-corrected chi connectivity index (χ4v) is 4.00. The summed E-state index contributed by atoms with van der Waals surface area (Å²) in [5, 5.41) is 3.58. The van der Waals surface area contributed by atoms with E-state index in [1.807, 2.05) is 19.6 Å². The van der Waals surface area contributed by atoms with Gasteiger partial charge < -0.3 is 14.8 Å². The summed E-state index contributed by atoms with van der Waals surface area (Å²) < 4.78 is 2.24. The molecule has 1 N–H and O–H groups in total. The third-order valence-electron chi connectivity index (χ3n) is 5.54. The molecule has 2 heterocycles. The van der Waals surface area contributed by atoms with E-state index in [9.17, 15) is 0 Å². The number of imidazole rings is 1. The van der Waals surface area contributed by atoms with Crippen molar-refractivity contribution in [1.82, 2.24) is 24.7 Å². The fourth-order valence-electron chi connectivity index (χ4n) is 4.00. The van der Waals surface area contributed by atoms with Crippen molar-refractivity contribution in [3.05, 3.63) is 18.7 Å². The van der Waals surface area contributed by atoms with Gasteiger partial charge >= 0.3 is 0 Å². The van der Waals surface area contributed by atoms with Gasteiger partial charge in [0.05, 0.1) is 12.4 Å². The largest absolute Gasteiger partial charge is 0.356 e. The summed E-state index contributed by atoms with van der Waals surface area (Å²) in [5.41, 5.74) is 0. The van der Waals surface area contributed by atoms with E-state index in [1.165, 1.54) is 6.42 Å². The van der Waals surface area contributed by atoms with E-state index in [0.29, 0.717) is 24.0 Å². The lowest BCUT2D eigenvalue weighted by atomic mass is 9.93. The quantitative estimate of drug-likeness (QED) is 0.275. The van der Waals surface area contributed by atoms with Gasteiger partial charge in [0.15, 0.2) is 5.96 Å². The van der Waals surface area contributed by atoms with Crippen LogP contribution in [0.2, 0.25) is 0 Å². The molecule has 1 aliphatic heterocycles. The summed E-state index contributed by atoms with van der Waals surface area (Å²) in [6.07, 6.45) is 8.19. The monoisotopic (exact) mass is 490 g/mol. The van der Waals surface area contributed by atoms with E-state index in [-0.39, 0.29) is 24.0 Å². The van der Waals surface area contributed by atoms with Crippen LogP contribution in [0.25, 0.3) is 0 Å². The Kier molecular flexibility index (Phi) is 10.7. The Labute approximate surface area is 182 Å². The van der Waals surface area contributed by atoms with Crippen molar-refractivity contribution in [3.8, 4) is 0 Å². The molecular weight excluding hydrogens is 451 g/mol. The lowest BCUT2D eigenvalue weighted by molar-refractivity contribution is 0.172. The van der Waals surface area contributed by atoms with Crippen molar-refractivity contribution >= 4 is 29.9 Å². The predicted octanol–water partition coefficient (Wildman–Crippen LogP) is 3.47. The van der Waals surface area contributed by atoms with E-state index in [4.69, 9.17) is 0 Å². The van der Waals surface area contributed by atoms with E-state index in [1.54, 1.807) is 0 Å². The first-order chi connectivity index (χ1) is 12.4. The molecule has 0 spiro atoms. The van der Waals surface area contributed by atoms with Gasteiger partial charge in [-0.2, -0.15) is 0 Å². The Morgan fingerprint density at radius 3 is 2.56 bits per heavy atom. The number of aliphatic imine (C=N–C) groups is 1. The molecule has 1 aliphatic rings. The number of hydrogen-bond acceptors (Lipinski definition) is 3. The fraction of sp³-hybridized carbons (Fsp3) is 0.800. The number of hydrogen-bond donors (Lipinski definition) is 1. The highest BCUT2D eigenvalue weighted by molar-refractivity contribution is 14.0. The van der Waals surface area contributed by atoms with Crippen LogP contribution in [0.1, 0.15) is 53.5 Å². The average molecular weight is 490 g/mol. The number of rotatable bonds is 7. The van der Waals surface area contributed by atoms with Gasteiger partial charge in [0.2, 0.25) is 0 Å². The van der Waals surface area contributed by atoms with Gasteiger partial charge in [-0.1, -0.05) is 6.92 Å².